The number of benzene rings is 3. The van der Waals surface area contributed by atoms with Crippen LogP contribution in [0, 0.1) is 23.7 Å². The summed E-state index contributed by atoms with van der Waals surface area (Å²) in [5.41, 5.74) is 11.6. The summed E-state index contributed by atoms with van der Waals surface area (Å²) in [6.45, 7) is 1.82. The molecule has 0 fully saturated rings. The Balaban J connectivity index is 1.46. The van der Waals surface area contributed by atoms with Crippen molar-refractivity contribution in [1.82, 2.24) is 15.8 Å². The van der Waals surface area contributed by atoms with Gasteiger partial charge in [-0.25, -0.2) is 5.48 Å². The Hall–Kier alpha value is -4.98. The van der Waals surface area contributed by atoms with Crippen LogP contribution in [0.15, 0.2) is 79.0 Å². The van der Waals surface area contributed by atoms with Crippen LogP contribution in [0.2, 0.25) is 0 Å². The molecule has 4 aromatic rings. The molecule has 1 heterocycles. The number of hydroxylamine groups is 1. The molecule has 0 aliphatic rings. The zero-order valence-electron chi connectivity index (χ0n) is 19.5. The summed E-state index contributed by atoms with van der Waals surface area (Å²) in [4.78, 5) is 28.5. The zero-order chi connectivity index (χ0) is 25.5. The maximum atomic E-state index is 12.9. The predicted octanol–water partition coefficient (Wildman–Crippen LogP) is 3.56. The summed E-state index contributed by atoms with van der Waals surface area (Å²) in [5, 5.41) is 13.0. The van der Waals surface area contributed by atoms with Crippen molar-refractivity contribution >= 4 is 28.4 Å². The van der Waals surface area contributed by atoms with Crippen molar-refractivity contribution in [2.24, 2.45) is 0 Å². The van der Waals surface area contributed by atoms with E-state index in [0.29, 0.717) is 16.8 Å². The Morgan fingerprint density at radius 2 is 1.53 bits per heavy atom. The first-order valence-corrected chi connectivity index (χ1v) is 11.2. The van der Waals surface area contributed by atoms with E-state index in [4.69, 9.17) is 5.73 Å². The fourth-order valence-corrected chi connectivity index (χ4v) is 3.84. The Morgan fingerprint density at radius 3 is 2.17 bits per heavy atom. The number of carbonyl (C=O) groups excluding carboxylic acids is 2. The van der Waals surface area contributed by atoms with E-state index in [1.54, 1.807) is 41.9 Å². The minimum atomic E-state index is -0.996. The number of nitrogen functional groups attached to an aromatic ring is 1. The molecule has 2 amide bonds. The van der Waals surface area contributed by atoms with Gasteiger partial charge in [0.2, 0.25) is 0 Å². The highest BCUT2D eigenvalue weighted by atomic mass is 16.5. The van der Waals surface area contributed by atoms with E-state index in [9.17, 15) is 14.8 Å². The minimum absolute atomic E-state index is 0.357. The topological polar surface area (TPSA) is 120 Å². The van der Waals surface area contributed by atoms with Crippen molar-refractivity contribution in [2.75, 3.05) is 5.73 Å². The molecule has 1 unspecified atom stereocenters. The van der Waals surface area contributed by atoms with Crippen molar-refractivity contribution in [2.45, 2.75) is 18.9 Å². The van der Waals surface area contributed by atoms with Gasteiger partial charge in [-0.2, -0.15) is 0 Å². The molecule has 36 heavy (non-hydrogen) atoms. The van der Waals surface area contributed by atoms with Crippen LogP contribution in [0.3, 0.4) is 0 Å². The maximum Gasteiger partial charge on any atom is 0.266 e. The highest BCUT2D eigenvalue weighted by molar-refractivity contribution is 5.98. The Labute approximate surface area is 208 Å². The van der Waals surface area contributed by atoms with Gasteiger partial charge in [0.1, 0.15) is 6.04 Å². The summed E-state index contributed by atoms with van der Waals surface area (Å²) in [5.74, 6) is 9.88. The summed E-state index contributed by atoms with van der Waals surface area (Å²) >= 11 is 0. The van der Waals surface area contributed by atoms with Gasteiger partial charge < -0.3 is 16.0 Å². The number of nitrogens with two attached hydrogens (primary N) is 1. The number of rotatable bonds is 5. The van der Waals surface area contributed by atoms with Crippen molar-refractivity contribution in [3.8, 4) is 23.7 Å². The van der Waals surface area contributed by atoms with Gasteiger partial charge in [-0.15, -0.1) is 0 Å². The summed E-state index contributed by atoms with van der Waals surface area (Å²) in [6.07, 6.45) is 1.81. The van der Waals surface area contributed by atoms with Gasteiger partial charge in [-0.05, 0) is 72.0 Å². The van der Waals surface area contributed by atoms with Gasteiger partial charge in [0, 0.05) is 45.4 Å². The molecule has 178 valence electrons. The number of H-pyrrole nitrogens is 1. The number of carbonyl (C=O) groups is 2. The van der Waals surface area contributed by atoms with Crippen LogP contribution in [-0.2, 0) is 4.79 Å². The fourth-order valence-electron chi connectivity index (χ4n) is 3.84. The molecule has 0 saturated carbocycles. The third kappa shape index (κ3) is 5.56. The van der Waals surface area contributed by atoms with Gasteiger partial charge in [0.05, 0.1) is 0 Å². The second-order valence-electron chi connectivity index (χ2n) is 8.20. The largest absolute Gasteiger partial charge is 0.399 e. The quantitative estimate of drug-likeness (QED) is 0.131. The predicted molar refractivity (Wildman–Crippen MR) is 139 cm³/mol. The van der Waals surface area contributed by atoms with E-state index >= 15 is 0 Å². The monoisotopic (exact) mass is 476 g/mol. The van der Waals surface area contributed by atoms with E-state index in [1.165, 1.54) is 0 Å². The summed E-state index contributed by atoms with van der Waals surface area (Å²) in [7, 11) is 0. The molecule has 0 bridgehead atoms. The van der Waals surface area contributed by atoms with Crippen molar-refractivity contribution in [3.05, 3.63) is 101 Å². The molecule has 7 nitrogen and oxygen atoms in total. The molecule has 0 radical (unpaired) electrons. The molecular formula is C29H24N4O3. The van der Waals surface area contributed by atoms with E-state index in [1.807, 2.05) is 49.5 Å². The lowest BCUT2D eigenvalue weighted by molar-refractivity contribution is -0.131. The summed E-state index contributed by atoms with van der Waals surface area (Å²) in [6, 6.07) is 20.5. The normalized spacial score (nSPS) is 11.8. The number of fused-ring (bicyclic) bond motifs is 1. The molecular weight excluding hydrogens is 452 g/mol. The second-order valence-corrected chi connectivity index (χ2v) is 8.20. The molecule has 0 saturated heterocycles. The Kier molecular flexibility index (Phi) is 7.36. The molecule has 0 spiro atoms. The standard InChI is InChI=1S/C29H24N4O3/c1-19(25-18-31-26-9-5-4-8-24(25)26)27(29(35)33-36)32-28(34)22-14-10-20(11-15-22)6-2-3-7-21-12-16-23(30)17-13-21/h4-5,8-19,27,31,36H,30H2,1H3,(H,32,34)(H,33,35)/t19?,27-/m0/s1. The molecule has 7 heteroatoms. The van der Waals surface area contributed by atoms with E-state index in [2.05, 4.69) is 34.0 Å². The number of hydrogen-bond acceptors (Lipinski definition) is 4. The van der Waals surface area contributed by atoms with Gasteiger partial charge in [0.25, 0.3) is 11.8 Å². The molecule has 0 aliphatic heterocycles. The van der Waals surface area contributed by atoms with Crippen molar-refractivity contribution < 1.29 is 14.8 Å². The van der Waals surface area contributed by atoms with Gasteiger partial charge >= 0.3 is 0 Å². The summed E-state index contributed by atoms with van der Waals surface area (Å²) < 4.78 is 0. The number of nitrogens with one attached hydrogen (secondary N) is 3. The molecule has 6 N–H and O–H groups in total. The average Bonchev–Trinajstić information content (AvgIpc) is 3.34. The Bertz CT molecular complexity index is 1510. The van der Waals surface area contributed by atoms with E-state index in [-0.39, 0.29) is 0 Å². The van der Waals surface area contributed by atoms with Crippen LogP contribution >= 0.6 is 0 Å². The number of aromatic nitrogens is 1. The lowest BCUT2D eigenvalue weighted by atomic mass is 9.92. The number of para-hydroxylation sites is 1. The van der Waals surface area contributed by atoms with Gasteiger partial charge in [-0.3, -0.25) is 14.8 Å². The van der Waals surface area contributed by atoms with Crippen LogP contribution in [0.4, 0.5) is 5.69 Å². The highest BCUT2D eigenvalue weighted by Gasteiger charge is 2.29. The van der Waals surface area contributed by atoms with Crippen LogP contribution < -0.4 is 16.5 Å². The van der Waals surface area contributed by atoms with E-state index < -0.39 is 23.8 Å². The second kappa shape index (κ2) is 11.0. The number of amides is 2. The van der Waals surface area contributed by atoms with Crippen LogP contribution in [0.25, 0.3) is 10.9 Å². The lowest BCUT2D eigenvalue weighted by Gasteiger charge is -2.23. The number of anilines is 1. The maximum absolute atomic E-state index is 12.9. The third-order valence-electron chi connectivity index (χ3n) is 5.83. The lowest BCUT2D eigenvalue weighted by Crippen LogP contribution is -2.48. The molecule has 3 aromatic carbocycles. The van der Waals surface area contributed by atoms with Crippen molar-refractivity contribution in [3.63, 3.8) is 0 Å². The average molecular weight is 477 g/mol. The molecule has 1 aromatic heterocycles. The van der Waals surface area contributed by atoms with Gasteiger partial charge in [-0.1, -0.05) is 37.0 Å². The smallest absolute Gasteiger partial charge is 0.266 e. The van der Waals surface area contributed by atoms with Crippen LogP contribution in [-0.4, -0.2) is 28.0 Å². The molecule has 0 aliphatic carbocycles. The fraction of sp³-hybridized carbons (Fsp3) is 0.103. The first-order valence-electron chi connectivity index (χ1n) is 11.2. The molecule has 2 atom stereocenters. The first kappa shape index (κ1) is 24.2. The van der Waals surface area contributed by atoms with Gasteiger partial charge in [0.15, 0.2) is 0 Å². The highest BCUT2D eigenvalue weighted by Crippen LogP contribution is 2.28. The minimum Gasteiger partial charge on any atom is -0.399 e. The van der Waals surface area contributed by atoms with E-state index in [0.717, 1.165) is 22.0 Å². The number of hydrogen-bond donors (Lipinski definition) is 5. The van der Waals surface area contributed by atoms with Crippen LogP contribution in [0.1, 0.15) is 39.9 Å². The SMILES string of the molecule is CC(c1c[nH]c2ccccc12)[C@H](NC(=O)c1ccc(C#CC#Cc2ccc(N)cc2)cc1)C(=O)NO. The number of aromatic amines is 1. The molecule has 4 rings (SSSR count). The van der Waals surface area contributed by atoms with Crippen molar-refractivity contribution in [1.29, 1.82) is 0 Å². The zero-order valence-corrected chi connectivity index (χ0v) is 19.5. The third-order valence-corrected chi connectivity index (χ3v) is 5.83. The first-order chi connectivity index (χ1) is 17.5. The Morgan fingerprint density at radius 1 is 0.917 bits per heavy atom. The van der Waals surface area contributed by atoms with Crippen LogP contribution in [0.5, 0.6) is 0 Å².